The van der Waals surface area contributed by atoms with E-state index >= 15 is 0 Å². The van der Waals surface area contributed by atoms with E-state index in [9.17, 15) is 14.7 Å². The molecular weight excluding hydrogens is 380 g/mol. The quantitative estimate of drug-likeness (QED) is 0.495. The van der Waals surface area contributed by atoms with Crippen molar-refractivity contribution in [1.82, 2.24) is 20.1 Å². The van der Waals surface area contributed by atoms with Gasteiger partial charge in [0.05, 0.1) is 17.3 Å². The Morgan fingerprint density at radius 3 is 2.57 bits per heavy atom. The van der Waals surface area contributed by atoms with Gasteiger partial charge in [0.1, 0.15) is 17.0 Å². The number of carbonyl (C=O) groups is 1. The van der Waals surface area contributed by atoms with E-state index in [0.717, 1.165) is 5.56 Å². The normalized spacial score (nSPS) is 10.9. The summed E-state index contributed by atoms with van der Waals surface area (Å²) in [6, 6.07) is 16.1. The summed E-state index contributed by atoms with van der Waals surface area (Å²) in [5, 5.41) is 18.2. The van der Waals surface area contributed by atoms with Gasteiger partial charge in [-0.05, 0) is 29.8 Å². The largest absolute Gasteiger partial charge is 0.506 e. The van der Waals surface area contributed by atoms with E-state index in [0.29, 0.717) is 10.7 Å². The summed E-state index contributed by atoms with van der Waals surface area (Å²) in [7, 11) is 0. The number of H-pyrrole nitrogens is 1. The Morgan fingerprint density at radius 2 is 1.86 bits per heavy atom. The Bertz CT molecular complexity index is 1210. The number of aromatic hydroxyl groups is 1. The lowest BCUT2D eigenvalue weighted by molar-refractivity contribution is 0.0947. The Balaban J connectivity index is 1.70. The second kappa shape index (κ2) is 7.21. The molecule has 7 nitrogen and oxygen atoms in total. The number of aromatic amines is 1. The lowest BCUT2D eigenvalue weighted by Gasteiger charge is -2.08. The first-order valence-electron chi connectivity index (χ1n) is 8.45. The molecule has 0 bridgehead atoms. The highest BCUT2D eigenvalue weighted by atomic mass is 35.5. The van der Waals surface area contributed by atoms with Crippen molar-refractivity contribution in [2.24, 2.45) is 0 Å². The molecule has 0 atom stereocenters. The van der Waals surface area contributed by atoms with Gasteiger partial charge >= 0.3 is 0 Å². The van der Waals surface area contributed by atoms with E-state index in [4.69, 9.17) is 11.6 Å². The molecule has 4 rings (SSSR count). The molecule has 0 radical (unpaired) electrons. The zero-order valence-corrected chi connectivity index (χ0v) is 15.3. The average Bonchev–Trinajstić information content (AvgIpc) is 3.12. The summed E-state index contributed by atoms with van der Waals surface area (Å²) in [4.78, 5) is 27.6. The van der Waals surface area contributed by atoms with Crippen LogP contribution in [-0.2, 0) is 6.54 Å². The molecule has 0 saturated carbocycles. The van der Waals surface area contributed by atoms with Gasteiger partial charge in [-0.25, -0.2) is 4.68 Å². The highest BCUT2D eigenvalue weighted by Crippen LogP contribution is 2.26. The molecule has 28 heavy (non-hydrogen) atoms. The monoisotopic (exact) mass is 394 g/mol. The van der Waals surface area contributed by atoms with Crippen LogP contribution in [0.25, 0.3) is 16.7 Å². The molecule has 0 saturated heterocycles. The van der Waals surface area contributed by atoms with E-state index in [1.54, 1.807) is 24.3 Å². The molecule has 2 aromatic heterocycles. The lowest BCUT2D eigenvalue weighted by atomic mass is 10.1. The van der Waals surface area contributed by atoms with Gasteiger partial charge < -0.3 is 15.4 Å². The molecular formula is C20H15ClN4O3. The van der Waals surface area contributed by atoms with Crippen molar-refractivity contribution in [2.45, 2.75) is 6.54 Å². The number of carbonyl (C=O) groups excluding carboxylic acids is 1. The van der Waals surface area contributed by atoms with Gasteiger partial charge in [0, 0.05) is 11.6 Å². The van der Waals surface area contributed by atoms with Gasteiger partial charge in [-0.3, -0.25) is 9.59 Å². The maximum absolute atomic E-state index is 12.5. The van der Waals surface area contributed by atoms with Crippen LogP contribution >= 0.6 is 11.6 Å². The first-order chi connectivity index (χ1) is 13.5. The standard InChI is InChI=1S/C20H15ClN4O3/c21-13-6-8-14(9-7-13)25-18-15(11-23-25)17(26)16(20(28)24-18)19(27)22-10-12-4-2-1-3-5-12/h1-9,11H,10H2,(H,22,27)(H2,24,26,28). The van der Waals surface area contributed by atoms with E-state index < -0.39 is 17.2 Å². The predicted octanol–water partition coefficient (Wildman–Crippen LogP) is 3.00. The number of fused-ring (bicyclic) bond motifs is 1. The summed E-state index contributed by atoms with van der Waals surface area (Å²) < 4.78 is 1.46. The Morgan fingerprint density at radius 1 is 1.14 bits per heavy atom. The third kappa shape index (κ3) is 3.23. The summed E-state index contributed by atoms with van der Waals surface area (Å²) in [5.41, 5.74) is 0.758. The third-order valence-electron chi connectivity index (χ3n) is 4.31. The van der Waals surface area contributed by atoms with Gasteiger partial charge in [-0.1, -0.05) is 41.9 Å². The van der Waals surface area contributed by atoms with Crippen molar-refractivity contribution in [1.29, 1.82) is 0 Å². The summed E-state index contributed by atoms with van der Waals surface area (Å²) in [6.45, 7) is 0.237. The van der Waals surface area contributed by atoms with Crippen LogP contribution in [0.15, 0.2) is 65.6 Å². The minimum Gasteiger partial charge on any atom is -0.506 e. The molecule has 0 aliphatic rings. The number of benzene rings is 2. The number of nitrogens with one attached hydrogen (secondary N) is 2. The highest BCUT2D eigenvalue weighted by molar-refractivity contribution is 6.30. The summed E-state index contributed by atoms with van der Waals surface area (Å²) in [6.07, 6.45) is 1.39. The van der Waals surface area contributed by atoms with Crippen LogP contribution < -0.4 is 10.9 Å². The number of pyridine rings is 1. The van der Waals surface area contributed by atoms with Gasteiger partial charge in [0.25, 0.3) is 11.5 Å². The van der Waals surface area contributed by atoms with E-state index in [2.05, 4.69) is 15.4 Å². The molecule has 0 unspecified atom stereocenters. The topological polar surface area (TPSA) is 100 Å². The third-order valence-corrected chi connectivity index (χ3v) is 4.57. The SMILES string of the molecule is O=C(NCc1ccccc1)c1c(O)c2cnn(-c3ccc(Cl)cc3)c2[nH]c1=O. The molecule has 4 aromatic rings. The molecule has 1 amide bonds. The van der Waals surface area contributed by atoms with E-state index in [-0.39, 0.29) is 23.1 Å². The van der Waals surface area contributed by atoms with Crippen molar-refractivity contribution in [3.05, 3.63) is 87.3 Å². The fourth-order valence-corrected chi connectivity index (χ4v) is 3.04. The van der Waals surface area contributed by atoms with Gasteiger partial charge in [-0.2, -0.15) is 5.10 Å². The molecule has 140 valence electrons. The predicted molar refractivity (Wildman–Crippen MR) is 106 cm³/mol. The second-order valence-corrected chi connectivity index (χ2v) is 6.58. The second-order valence-electron chi connectivity index (χ2n) is 6.14. The molecule has 0 aliphatic heterocycles. The van der Waals surface area contributed by atoms with Crippen LogP contribution in [0.1, 0.15) is 15.9 Å². The smallest absolute Gasteiger partial charge is 0.266 e. The highest BCUT2D eigenvalue weighted by Gasteiger charge is 2.21. The fourth-order valence-electron chi connectivity index (χ4n) is 2.91. The summed E-state index contributed by atoms with van der Waals surface area (Å²) >= 11 is 5.90. The maximum atomic E-state index is 12.5. The van der Waals surface area contributed by atoms with Crippen LogP contribution in [0, 0.1) is 0 Å². The van der Waals surface area contributed by atoms with Crippen LogP contribution in [0.3, 0.4) is 0 Å². The number of nitrogens with zero attached hydrogens (tertiary/aromatic N) is 2. The molecule has 8 heteroatoms. The van der Waals surface area contributed by atoms with Crippen molar-refractivity contribution in [3.8, 4) is 11.4 Å². The average molecular weight is 395 g/mol. The Labute approximate surface area is 164 Å². The zero-order valence-electron chi connectivity index (χ0n) is 14.5. The van der Waals surface area contributed by atoms with E-state index in [1.165, 1.54) is 10.9 Å². The molecule has 0 spiro atoms. The number of hydrogen-bond donors (Lipinski definition) is 3. The number of hydrogen-bond acceptors (Lipinski definition) is 4. The number of amides is 1. The molecule has 0 aliphatic carbocycles. The van der Waals surface area contributed by atoms with Crippen molar-refractivity contribution >= 4 is 28.5 Å². The van der Waals surface area contributed by atoms with Crippen LogP contribution in [0.5, 0.6) is 5.75 Å². The number of aromatic nitrogens is 3. The van der Waals surface area contributed by atoms with Crippen molar-refractivity contribution < 1.29 is 9.90 Å². The van der Waals surface area contributed by atoms with Crippen LogP contribution in [0.4, 0.5) is 0 Å². The van der Waals surface area contributed by atoms with Gasteiger partial charge in [-0.15, -0.1) is 0 Å². The summed E-state index contributed by atoms with van der Waals surface area (Å²) in [5.74, 6) is -1.08. The number of halogens is 1. The van der Waals surface area contributed by atoms with Gasteiger partial charge in [0.15, 0.2) is 0 Å². The van der Waals surface area contributed by atoms with Gasteiger partial charge in [0.2, 0.25) is 0 Å². The van der Waals surface area contributed by atoms with E-state index in [1.807, 2.05) is 30.3 Å². The molecule has 2 heterocycles. The van der Waals surface area contributed by atoms with Crippen LogP contribution in [-0.4, -0.2) is 25.8 Å². The minimum absolute atomic E-state index is 0.237. The number of rotatable bonds is 4. The molecule has 2 aromatic carbocycles. The molecule has 3 N–H and O–H groups in total. The lowest BCUT2D eigenvalue weighted by Crippen LogP contribution is -2.29. The maximum Gasteiger partial charge on any atom is 0.266 e. The molecule has 0 fully saturated rings. The first-order valence-corrected chi connectivity index (χ1v) is 8.83. The fraction of sp³-hybridized carbons (Fsp3) is 0.0500. The zero-order chi connectivity index (χ0) is 19.7. The van der Waals surface area contributed by atoms with Crippen molar-refractivity contribution in [3.63, 3.8) is 0 Å². The Kier molecular flexibility index (Phi) is 4.58. The van der Waals surface area contributed by atoms with Crippen LogP contribution in [0.2, 0.25) is 5.02 Å². The Hall–Kier alpha value is -3.58. The first kappa shape index (κ1) is 17.8. The minimum atomic E-state index is -0.703. The van der Waals surface area contributed by atoms with Crippen molar-refractivity contribution in [2.75, 3.05) is 0 Å².